The number of hydrogen-bond donors (Lipinski definition) is 1. The first-order valence-corrected chi connectivity index (χ1v) is 15.6. The van der Waals surface area contributed by atoms with E-state index in [9.17, 15) is 18.0 Å². The minimum Gasteiger partial charge on any atom is -0.497 e. The third-order valence-electron chi connectivity index (χ3n) is 6.82. The molecule has 1 atom stereocenters. The number of hydrogen-bond acceptors (Lipinski definition) is 7. The van der Waals surface area contributed by atoms with Crippen molar-refractivity contribution in [1.82, 2.24) is 10.2 Å². The van der Waals surface area contributed by atoms with Crippen molar-refractivity contribution in [3.63, 3.8) is 0 Å². The van der Waals surface area contributed by atoms with Gasteiger partial charge < -0.3 is 24.4 Å². The van der Waals surface area contributed by atoms with E-state index in [1.54, 1.807) is 55.6 Å². The number of amides is 2. The molecule has 0 spiro atoms. The predicted molar refractivity (Wildman–Crippen MR) is 164 cm³/mol. The van der Waals surface area contributed by atoms with Crippen LogP contribution in [0.25, 0.3) is 0 Å². The van der Waals surface area contributed by atoms with Crippen LogP contribution in [0.5, 0.6) is 17.2 Å². The van der Waals surface area contributed by atoms with Crippen molar-refractivity contribution in [2.24, 2.45) is 0 Å². The molecular formula is C32H39N3O7S. The maximum Gasteiger partial charge on any atom is 0.264 e. The van der Waals surface area contributed by atoms with Crippen molar-refractivity contribution < 1.29 is 32.2 Å². The van der Waals surface area contributed by atoms with Gasteiger partial charge in [-0.1, -0.05) is 37.3 Å². The summed E-state index contributed by atoms with van der Waals surface area (Å²) in [5.74, 6) is 0.660. The van der Waals surface area contributed by atoms with Crippen LogP contribution in [0.4, 0.5) is 5.69 Å². The minimum atomic E-state index is -4.20. The molecule has 0 saturated carbocycles. The Balaban J connectivity index is 1.75. The Labute approximate surface area is 253 Å². The molecule has 2 amide bonds. The zero-order chi connectivity index (χ0) is 31.2. The van der Waals surface area contributed by atoms with Crippen LogP contribution in [0.15, 0.2) is 77.7 Å². The number of methoxy groups -OCH3 is 1. The van der Waals surface area contributed by atoms with Gasteiger partial charge in [-0.05, 0) is 69.2 Å². The number of carbonyl (C=O) groups excluding carboxylic acids is 2. The lowest BCUT2D eigenvalue weighted by Crippen LogP contribution is -2.55. The zero-order valence-electron chi connectivity index (χ0n) is 25.2. The van der Waals surface area contributed by atoms with Gasteiger partial charge in [0.2, 0.25) is 11.8 Å². The van der Waals surface area contributed by atoms with Gasteiger partial charge in [-0.25, -0.2) is 8.42 Å². The van der Waals surface area contributed by atoms with Crippen molar-refractivity contribution >= 4 is 27.5 Å². The molecule has 230 valence electrons. The van der Waals surface area contributed by atoms with E-state index in [1.807, 2.05) is 39.8 Å². The molecule has 11 heteroatoms. The molecule has 1 unspecified atom stereocenters. The fourth-order valence-corrected chi connectivity index (χ4v) is 6.16. The molecule has 0 aromatic heterocycles. The van der Waals surface area contributed by atoms with Gasteiger partial charge in [0.1, 0.15) is 31.5 Å². The highest BCUT2D eigenvalue weighted by Crippen LogP contribution is 2.36. The summed E-state index contributed by atoms with van der Waals surface area (Å²) < 4.78 is 45.7. The quantitative estimate of drug-likeness (QED) is 0.343. The lowest BCUT2D eigenvalue weighted by atomic mass is 10.1. The van der Waals surface area contributed by atoms with E-state index >= 15 is 0 Å². The van der Waals surface area contributed by atoms with Crippen LogP contribution in [0.3, 0.4) is 0 Å². The van der Waals surface area contributed by atoms with E-state index in [0.717, 1.165) is 9.87 Å². The van der Waals surface area contributed by atoms with Gasteiger partial charge in [0, 0.05) is 18.2 Å². The summed E-state index contributed by atoms with van der Waals surface area (Å²) in [6.07, 6.45) is 0.319. The summed E-state index contributed by atoms with van der Waals surface area (Å²) >= 11 is 0. The number of rotatable bonds is 11. The topological polar surface area (TPSA) is 114 Å². The van der Waals surface area contributed by atoms with E-state index in [-0.39, 0.29) is 23.0 Å². The van der Waals surface area contributed by atoms with Crippen LogP contribution >= 0.6 is 0 Å². The number of benzene rings is 3. The maximum absolute atomic E-state index is 14.3. The van der Waals surface area contributed by atoms with E-state index in [0.29, 0.717) is 36.9 Å². The first kappa shape index (κ1) is 31.7. The molecule has 43 heavy (non-hydrogen) atoms. The van der Waals surface area contributed by atoms with Gasteiger partial charge in [-0.2, -0.15) is 0 Å². The Morgan fingerprint density at radius 2 is 1.60 bits per heavy atom. The number of carbonyl (C=O) groups is 2. The van der Waals surface area contributed by atoms with Crippen LogP contribution in [-0.2, 0) is 26.2 Å². The molecule has 10 nitrogen and oxygen atoms in total. The second-order valence-electron chi connectivity index (χ2n) is 11.2. The van der Waals surface area contributed by atoms with E-state index in [2.05, 4.69) is 5.32 Å². The highest BCUT2D eigenvalue weighted by atomic mass is 32.2. The van der Waals surface area contributed by atoms with E-state index in [4.69, 9.17) is 14.2 Å². The molecule has 0 bridgehead atoms. The number of ether oxygens (including phenoxy) is 3. The molecular weight excluding hydrogens is 570 g/mol. The highest BCUT2D eigenvalue weighted by molar-refractivity contribution is 7.92. The van der Waals surface area contributed by atoms with Crippen LogP contribution in [0.1, 0.15) is 39.7 Å². The van der Waals surface area contributed by atoms with Gasteiger partial charge in [0.25, 0.3) is 10.0 Å². The molecule has 0 saturated heterocycles. The molecule has 1 aliphatic heterocycles. The van der Waals surface area contributed by atoms with E-state index < -0.39 is 34.1 Å². The smallest absolute Gasteiger partial charge is 0.264 e. The Morgan fingerprint density at radius 1 is 0.953 bits per heavy atom. The highest BCUT2D eigenvalue weighted by Gasteiger charge is 2.35. The Bertz CT molecular complexity index is 1520. The van der Waals surface area contributed by atoms with Crippen LogP contribution in [0.2, 0.25) is 0 Å². The summed E-state index contributed by atoms with van der Waals surface area (Å²) in [5.41, 5.74) is 0.457. The van der Waals surface area contributed by atoms with Crippen molar-refractivity contribution in [3.05, 3.63) is 78.4 Å². The third kappa shape index (κ3) is 7.78. The minimum absolute atomic E-state index is 0.0249. The first-order valence-electron chi connectivity index (χ1n) is 14.1. The second-order valence-corrected chi connectivity index (χ2v) is 13.0. The normalized spacial score (nSPS) is 13.5. The summed E-state index contributed by atoms with van der Waals surface area (Å²) in [6, 6.07) is 19.0. The SMILES string of the molecule is CCC(C(=O)NC(C)(C)C)N(Cc1ccc(OC)cc1)C(=O)CN(c1ccc2c(c1)OCCO2)S(=O)(=O)c1ccccc1. The van der Waals surface area contributed by atoms with Crippen LogP contribution in [-0.4, -0.2) is 63.6 Å². The summed E-state index contributed by atoms with van der Waals surface area (Å²) in [7, 11) is -2.64. The van der Waals surface area contributed by atoms with Gasteiger partial charge in [0.05, 0.1) is 17.7 Å². The van der Waals surface area contributed by atoms with Gasteiger partial charge >= 0.3 is 0 Å². The number of anilines is 1. The van der Waals surface area contributed by atoms with Crippen LogP contribution < -0.4 is 23.8 Å². The van der Waals surface area contributed by atoms with Gasteiger partial charge in [-0.3, -0.25) is 13.9 Å². The standard InChI is InChI=1S/C32H39N3O7S/c1-6-27(31(37)33-32(2,3)4)34(21-23-12-15-25(40-5)16-13-23)30(36)22-35(43(38,39)26-10-8-7-9-11-26)24-14-17-28-29(20-24)42-19-18-41-28/h7-17,20,27H,6,18-19,21-22H2,1-5H3,(H,33,37). The monoisotopic (exact) mass is 609 g/mol. The number of fused-ring (bicyclic) bond motifs is 1. The van der Waals surface area contributed by atoms with Crippen LogP contribution in [0, 0.1) is 0 Å². The van der Waals surface area contributed by atoms with Crippen molar-refractivity contribution in [2.75, 3.05) is 31.2 Å². The zero-order valence-corrected chi connectivity index (χ0v) is 26.0. The molecule has 4 rings (SSSR count). The van der Waals surface area contributed by atoms with Crippen molar-refractivity contribution in [2.45, 2.75) is 57.1 Å². The maximum atomic E-state index is 14.3. The number of nitrogens with zero attached hydrogens (tertiary/aromatic N) is 2. The lowest BCUT2D eigenvalue weighted by molar-refractivity contribution is -0.141. The van der Waals surface area contributed by atoms with Gasteiger partial charge in [-0.15, -0.1) is 0 Å². The van der Waals surface area contributed by atoms with Gasteiger partial charge in [0.15, 0.2) is 11.5 Å². The molecule has 0 radical (unpaired) electrons. The molecule has 3 aromatic rings. The summed E-state index contributed by atoms with van der Waals surface area (Å²) in [4.78, 5) is 29.2. The Kier molecular flexibility index (Phi) is 9.85. The number of nitrogens with one attached hydrogen (secondary N) is 1. The summed E-state index contributed by atoms with van der Waals surface area (Å²) in [6.45, 7) is 7.64. The first-order chi connectivity index (χ1) is 20.4. The number of sulfonamides is 1. The molecule has 0 aliphatic carbocycles. The third-order valence-corrected chi connectivity index (χ3v) is 8.61. The average Bonchev–Trinajstić information content (AvgIpc) is 2.99. The summed E-state index contributed by atoms with van der Waals surface area (Å²) in [5, 5.41) is 2.97. The molecule has 1 N–H and O–H groups in total. The second kappa shape index (κ2) is 13.4. The average molecular weight is 610 g/mol. The predicted octanol–water partition coefficient (Wildman–Crippen LogP) is 4.38. The molecule has 3 aromatic carbocycles. The van der Waals surface area contributed by atoms with E-state index in [1.165, 1.54) is 17.0 Å². The lowest BCUT2D eigenvalue weighted by Gasteiger charge is -2.35. The largest absolute Gasteiger partial charge is 0.497 e. The molecule has 1 heterocycles. The molecule has 1 aliphatic rings. The van der Waals surface area contributed by atoms with Crippen molar-refractivity contribution in [3.8, 4) is 17.2 Å². The Morgan fingerprint density at radius 3 is 2.21 bits per heavy atom. The molecule has 0 fully saturated rings. The fraction of sp³-hybridized carbons (Fsp3) is 0.375. The van der Waals surface area contributed by atoms with Crippen molar-refractivity contribution in [1.29, 1.82) is 0 Å². The fourth-order valence-electron chi connectivity index (χ4n) is 4.74. The Hall–Kier alpha value is -4.25.